The van der Waals surface area contributed by atoms with Crippen LogP contribution in [0.25, 0.3) is 0 Å². The third-order valence-corrected chi connectivity index (χ3v) is 3.79. The van der Waals surface area contributed by atoms with Crippen LogP contribution < -0.4 is 10.6 Å². The van der Waals surface area contributed by atoms with Crippen molar-refractivity contribution in [2.24, 2.45) is 5.73 Å². The van der Waals surface area contributed by atoms with Crippen LogP contribution in [0.4, 0.5) is 5.82 Å². The number of rotatable bonds is 3. The zero-order valence-electron chi connectivity index (χ0n) is 11.0. The molecule has 0 atom stereocenters. The second kappa shape index (κ2) is 5.85. The van der Waals surface area contributed by atoms with E-state index in [0.29, 0.717) is 11.6 Å². The summed E-state index contributed by atoms with van der Waals surface area (Å²) in [4.78, 5) is 6.68. The van der Waals surface area contributed by atoms with Crippen LogP contribution in [-0.4, -0.2) is 23.9 Å². The van der Waals surface area contributed by atoms with Crippen LogP contribution in [0.3, 0.4) is 0 Å². The van der Waals surface area contributed by atoms with Gasteiger partial charge in [-0.3, -0.25) is 5.41 Å². The molecule has 0 aromatic carbocycles. The van der Waals surface area contributed by atoms with Gasteiger partial charge in [0, 0.05) is 24.8 Å². The average Bonchev–Trinajstić information content (AvgIpc) is 2.67. The van der Waals surface area contributed by atoms with E-state index < -0.39 is 0 Å². The fourth-order valence-corrected chi connectivity index (χ4v) is 2.59. The lowest BCUT2D eigenvalue weighted by atomic mass is 10.1. The summed E-state index contributed by atoms with van der Waals surface area (Å²) in [6, 6.07) is 4.43. The Morgan fingerprint density at radius 2 is 1.94 bits per heavy atom. The Labute approximate surface area is 109 Å². The van der Waals surface area contributed by atoms with Crippen LogP contribution >= 0.6 is 0 Å². The van der Waals surface area contributed by atoms with E-state index in [4.69, 9.17) is 11.1 Å². The summed E-state index contributed by atoms with van der Waals surface area (Å²) >= 11 is 0. The van der Waals surface area contributed by atoms with Gasteiger partial charge in [-0.25, -0.2) is 4.98 Å². The number of nitrogen functional groups attached to an aromatic ring is 1. The van der Waals surface area contributed by atoms with Crippen LogP contribution in [-0.2, 0) is 0 Å². The third kappa shape index (κ3) is 3.00. The van der Waals surface area contributed by atoms with Crippen LogP contribution in [0.15, 0.2) is 18.3 Å². The largest absolute Gasteiger partial charge is 0.384 e. The number of amidine groups is 1. The highest BCUT2D eigenvalue weighted by Crippen LogP contribution is 2.24. The van der Waals surface area contributed by atoms with Crippen molar-refractivity contribution in [3.05, 3.63) is 23.9 Å². The first kappa shape index (κ1) is 12.9. The highest BCUT2D eigenvalue weighted by atomic mass is 15.2. The molecule has 3 N–H and O–H groups in total. The van der Waals surface area contributed by atoms with Gasteiger partial charge >= 0.3 is 0 Å². The van der Waals surface area contributed by atoms with E-state index in [1.165, 1.54) is 38.5 Å². The average molecular weight is 246 g/mol. The Morgan fingerprint density at radius 3 is 2.44 bits per heavy atom. The van der Waals surface area contributed by atoms with E-state index in [9.17, 15) is 0 Å². The number of anilines is 1. The summed E-state index contributed by atoms with van der Waals surface area (Å²) in [6.45, 7) is 0. The zero-order valence-corrected chi connectivity index (χ0v) is 11.0. The quantitative estimate of drug-likeness (QED) is 0.489. The number of hydrogen-bond acceptors (Lipinski definition) is 3. The van der Waals surface area contributed by atoms with Gasteiger partial charge < -0.3 is 10.6 Å². The second-order valence-corrected chi connectivity index (χ2v) is 5.08. The minimum absolute atomic E-state index is 0.0752. The van der Waals surface area contributed by atoms with Crippen LogP contribution in [0.1, 0.15) is 44.1 Å². The molecule has 4 heteroatoms. The van der Waals surface area contributed by atoms with Gasteiger partial charge in [-0.15, -0.1) is 0 Å². The Hall–Kier alpha value is -1.58. The van der Waals surface area contributed by atoms with Crippen molar-refractivity contribution in [3.8, 4) is 0 Å². The SMILES string of the molecule is CN(c1ccc(C(=N)N)cn1)C1CCCCCC1. The maximum atomic E-state index is 7.36. The molecule has 1 aliphatic rings. The predicted molar refractivity (Wildman–Crippen MR) is 75.1 cm³/mol. The second-order valence-electron chi connectivity index (χ2n) is 5.08. The van der Waals surface area contributed by atoms with Crippen LogP contribution in [0.2, 0.25) is 0 Å². The summed E-state index contributed by atoms with van der Waals surface area (Å²) in [5, 5.41) is 7.36. The Morgan fingerprint density at radius 1 is 1.28 bits per heavy atom. The summed E-state index contributed by atoms with van der Waals surface area (Å²) in [5.41, 5.74) is 6.12. The zero-order chi connectivity index (χ0) is 13.0. The minimum atomic E-state index is 0.0752. The molecule has 0 radical (unpaired) electrons. The Bertz CT molecular complexity index is 391. The highest BCUT2D eigenvalue weighted by molar-refractivity contribution is 5.94. The molecule has 4 nitrogen and oxygen atoms in total. The van der Waals surface area contributed by atoms with E-state index in [2.05, 4.69) is 16.9 Å². The molecule has 0 spiro atoms. The van der Waals surface area contributed by atoms with Gasteiger partial charge in [0.25, 0.3) is 0 Å². The minimum Gasteiger partial charge on any atom is -0.384 e. The van der Waals surface area contributed by atoms with Gasteiger partial charge in [-0.2, -0.15) is 0 Å². The molecule has 1 heterocycles. The Balaban J connectivity index is 2.07. The first-order valence-electron chi connectivity index (χ1n) is 6.72. The van der Waals surface area contributed by atoms with Gasteiger partial charge in [0.15, 0.2) is 0 Å². The number of pyridine rings is 1. The molecule has 98 valence electrons. The number of nitrogens with one attached hydrogen (secondary N) is 1. The third-order valence-electron chi connectivity index (χ3n) is 3.79. The summed E-state index contributed by atoms with van der Waals surface area (Å²) in [7, 11) is 2.12. The number of aromatic nitrogens is 1. The van der Waals surface area contributed by atoms with Gasteiger partial charge in [0.1, 0.15) is 11.7 Å². The normalized spacial score (nSPS) is 17.2. The van der Waals surface area contributed by atoms with E-state index in [0.717, 1.165) is 5.82 Å². The van der Waals surface area contributed by atoms with E-state index in [-0.39, 0.29) is 5.84 Å². The summed E-state index contributed by atoms with van der Waals surface area (Å²) < 4.78 is 0. The molecule has 0 aliphatic heterocycles. The van der Waals surface area contributed by atoms with Crippen molar-refractivity contribution in [1.82, 2.24) is 4.98 Å². The van der Waals surface area contributed by atoms with Crippen molar-refractivity contribution < 1.29 is 0 Å². The number of nitrogens with two attached hydrogens (primary N) is 1. The predicted octanol–water partition coefficient (Wildman–Crippen LogP) is 2.52. The fourth-order valence-electron chi connectivity index (χ4n) is 2.59. The fraction of sp³-hybridized carbons (Fsp3) is 0.571. The molecule has 18 heavy (non-hydrogen) atoms. The number of hydrogen-bond donors (Lipinski definition) is 2. The first-order chi connectivity index (χ1) is 8.68. The van der Waals surface area contributed by atoms with E-state index in [1.807, 2.05) is 12.1 Å². The van der Waals surface area contributed by atoms with Crippen molar-refractivity contribution in [2.45, 2.75) is 44.6 Å². The molecule has 1 fully saturated rings. The molecule has 1 aromatic heterocycles. The van der Waals surface area contributed by atoms with Crippen molar-refractivity contribution in [2.75, 3.05) is 11.9 Å². The summed E-state index contributed by atoms with van der Waals surface area (Å²) in [6.07, 6.45) is 9.56. The molecule has 0 saturated heterocycles. The van der Waals surface area contributed by atoms with Gasteiger partial charge in [-0.1, -0.05) is 25.7 Å². The van der Waals surface area contributed by atoms with Crippen LogP contribution in [0.5, 0.6) is 0 Å². The van der Waals surface area contributed by atoms with E-state index in [1.54, 1.807) is 6.20 Å². The molecule has 1 aromatic rings. The molecule has 0 bridgehead atoms. The molecule has 0 unspecified atom stereocenters. The van der Waals surface area contributed by atoms with E-state index >= 15 is 0 Å². The lowest BCUT2D eigenvalue weighted by Crippen LogP contribution is -2.31. The van der Waals surface area contributed by atoms with Crippen molar-refractivity contribution in [3.63, 3.8) is 0 Å². The van der Waals surface area contributed by atoms with Gasteiger partial charge in [0.2, 0.25) is 0 Å². The summed E-state index contributed by atoms with van der Waals surface area (Å²) in [5.74, 6) is 1.05. The highest BCUT2D eigenvalue weighted by Gasteiger charge is 2.17. The van der Waals surface area contributed by atoms with Gasteiger partial charge in [0.05, 0.1) is 0 Å². The molecule has 1 saturated carbocycles. The Kier molecular flexibility index (Phi) is 4.18. The lowest BCUT2D eigenvalue weighted by molar-refractivity contribution is 0.549. The first-order valence-corrected chi connectivity index (χ1v) is 6.72. The maximum absolute atomic E-state index is 7.36. The molecule has 1 aliphatic carbocycles. The molecular weight excluding hydrogens is 224 g/mol. The van der Waals surface area contributed by atoms with Gasteiger partial charge in [-0.05, 0) is 25.0 Å². The van der Waals surface area contributed by atoms with Crippen molar-refractivity contribution >= 4 is 11.7 Å². The van der Waals surface area contributed by atoms with Crippen LogP contribution in [0, 0.1) is 5.41 Å². The molecular formula is C14H22N4. The number of nitrogens with zero attached hydrogens (tertiary/aromatic N) is 2. The van der Waals surface area contributed by atoms with Crippen molar-refractivity contribution in [1.29, 1.82) is 5.41 Å². The standard InChI is InChI=1S/C14H22N4/c1-18(12-6-4-2-3-5-7-12)13-9-8-11(10-17-13)14(15)16/h8-10,12H,2-7H2,1H3,(H3,15,16). The smallest absolute Gasteiger partial charge is 0.128 e. The topological polar surface area (TPSA) is 66.0 Å². The lowest BCUT2D eigenvalue weighted by Gasteiger charge is -2.28. The maximum Gasteiger partial charge on any atom is 0.128 e. The molecule has 2 rings (SSSR count). The molecule has 0 amide bonds. The monoisotopic (exact) mass is 246 g/mol.